The number of carbonyl (C=O) groups excluding carboxylic acids is 1. The first kappa shape index (κ1) is 19.0. The number of hydrogen-bond acceptors (Lipinski definition) is 4. The lowest BCUT2D eigenvalue weighted by Gasteiger charge is -2.41. The van der Waals surface area contributed by atoms with Gasteiger partial charge in [0.15, 0.2) is 0 Å². The van der Waals surface area contributed by atoms with Crippen LogP contribution in [0.25, 0.3) is 0 Å². The van der Waals surface area contributed by atoms with Crippen molar-refractivity contribution in [2.75, 3.05) is 26.2 Å². The monoisotopic (exact) mass is 374 g/mol. The van der Waals surface area contributed by atoms with Gasteiger partial charge in [-0.3, -0.25) is 9.69 Å². The van der Waals surface area contributed by atoms with Crippen molar-refractivity contribution in [2.45, 2.75) is 70.6 Å². The zero-order chi connectivity index (χ0) is 18.6. The third-order valence-electron chi connectivity index (χ3n) is 6.43. The summed E-state index contributed by atoms with van der Waals surface area (Å²) in [7, 11) is 0. The highest BCUT2D eigenvalue weighted by Gasteiger charge is 2.41. The van der Waals surface area contributed by atoms with Gasteiger partial charge in [-0.25, -0.2) is 0 Å². The van der Waals surface area contributed by atoms with Gasteiger partial charge in [0.05, 0.1) is 25.0 Å². The van der Waals surface area contributed by atoms with Gasteiger partial charge in [0.1, 0.15) is 5.76 Å². The Kier molecular flexibility index (Phi) is 6.18. The summed E-state index contributed by atoms with van der Waals surface area (Å²) in [5, 5.41) is 0. The maximum atomic E-state index is 13.2. The van der Waals surface area contributed by atoms with Crippen molar-refractivity contribution in [1.29, 1.82) is 0 Å². The van der Waals surface area contributed by atoms with E-state index < -0.39 is 0 Å². The van der Waals surface area contributed by atoms with Gasteiger partial charge in [-0.1, -0.05) is 19.8 Å². The summed E-state index contributed by atoms with van der Waals surface area (Å²) in [5.74, 6) is 2.27. The molecule has 2 atom stereocenters. The third kappa shape index (κ3) is 4.94. The lowest BCUT2D eigenvalue weighted by Crippen LogP contribution is -2.53. The Labute approximate surface area is 163 Å². The molecular weight excluding hydrogens is 340 g/mol. The highest BCUT2D eigenvalue weighted by molar-refractivity contribution is 5.79. The minimum Gasteiger partial charge on any atom is -0.468 e. The normalized spacial score (nSPS) is 27.8. The molecule has 2 aliphatic heterocycles. The molecule has 2 saturated heterocycles. The molecule has 0 aromatic carbocycles. The van der Waals surface area contributed by atoms with Crippen LogP contribution in [0.2, 0.25) is 0 Å². The van der Waals surface area contributed by atoms with Crippen molar-refractivity contribution < 1.29 is 13.9 Å². The van der Waals surface area contributed by atoms with E-state index in [4.69, 9.17) is 9.15 Å². The molecule has 3 aliphatic rings. The summed E-state index contributed by atoms with van der Waals surface area (Å²) in [6.07, 6.45) is 10.2. The molecule has 0 radical (unpaired) electrons. The molecule has 3 fully saturated rings. The summed E-state index contributed by atoms with van der Waals surface area (Å²) in [5.41, 5.74) is 0. The van der Waals surface area contributed by atoms with Crippen molar-refractivity contribution in [3.8, 4) is 0 Å². The fourth-order valence-corrected chi connectivity index (χ4v) is 4.59. The molecule has 1 saturated carbocycles. The number of amides is 1. The van der Waals surface area contributed by atoms with Crippen LogP contribution < -0.4 is 0 Å². The first-order valence-corrected chi connectivity index (χ1v) is 10.9. The molecule has 4 rings (SSSR count). The third-order valence-corrected chi connectivity index (χ3v) is 6.43. The molecule has 1 aromatic heterocycles. The fourth-order valence-electron chi connectivity index (χ4n) is 4.59. The average molecular weight is 375 g/mol. The standard InChI is InChI=1S/C22H34N2O3/c1-2-3-5-20-15-24(16-21(27-20)17-7-8-17)22(25)18-9-11-23(12-10-18)14-19-6-4-13-26-19/h4,6,13,17-18,20-21H,2-3,5,7-12,14-16H2,1H3/t20-,21-/m1/s1. The Balaban J connectivity index is 1.30. The van der Waals surface area contributed by atoms with Crippen LogP contribution in [0.4, 0.5) is 0 Å². The predicted octanol–water partition coefficient (Wildman–Crippen LogP) is 3.69. The van der Waals surface area contributed by atoms with Gasteiger partial charge in [0, 0.05) is 19.0 Å². The molecule has 0 spiro atoms. The average Bonchev–Trinajstić information content (AvgIpc) is 3.44. The molecule has 5 nitrogen and oxygen atoms in total. The maximum absolute atomic E-state index is 13.2. The summed E-state index contributed by atoms with van der Waals surface area (Å²) in [6, 6.07) is 3.97. The highest BCUT2D eigenvalue weighted by Crippen LogP contribution is 2.37. The Morgan fingerprint density at radius 1 is 1.19 bits per heavy atom. The first-order chi connectivity index (χ1) is 13.2. The minimum absolute atomic E-state index is 0.183. The lowest BCUT2D eigenvalue weighted by atomic mass is 9.94. The van der Waals surface area contributed by atoms with Gasteiger partial charge in [-0.2, -0.15) is 0 Å². The Bertz CT molecular complexity index is 591. The number of nitrogens with zero attached hydrogens (tertiary/aromatic N) is 2. The highest BCUT2D eigenvalue weighted by atomic mass is 16.5. The van der Waals surface area contributed by atoms with Crippen LogP contribution in [0.15, 0.2) is 22.8 Å². The van der Waals surface area contributed by atoms with Gasteiger partial charge in [0.2, 0.25) is 5.91 Å². The predicted molar refractivity (Wildman–Crippen MR) is 104 cm³/mol. The molecular formula is C22H34N2O3. The van der Waals surface area contributed by atoms with Crippen LogP contribution in [0.1, 0.15) is 57.6 Å². The summed E-state index contributed by atoms with van der Waals surface area (Å²) in [4.78, 5) is 17.8. The van der Waals surface area contributed by atoms with E-state index in [2.05, 4.69) is 16.7 Å². The van der Waals surface area contributed by atoms with Gasteiger partial charge in [0.25, 0.3) is 0 Å². The Hall–Kier alpha value is -1.33. The van der Waals surface area contributed by atoms with Crippen molar-refractivity contribution >= 4 is 5.91 Å². The SMILES string of the molecule is CCCC[C@@H]1CN(C(=O)C2CCN(Cc3ccco3)CC2)C[C@H](C2CC2)O1. The van der Waals surface area contributed by atoms with E-state index in [9.17, 15) is 4.79 Å². The van der Waals surface area contributed by atoms with Crippen molar-refractivity contribution in [3.05, 3.63) is 24.2 Å². The van der Waals surface area contributed by atoms with Crippen LogP contribution in [0.5, 0.6) is 0 Å². The van der Waals surface area contributed by atoms with Gasteiger partial charge in [-0.05, 0) is 63.2 Å². The number of hydrogen-bond donors (Lipinski definition) is 0. The number of likely N-dealkylation sites (tertiary alicyclic amines) is 1. The molecule has 1 aliphatic carbocycles. The van der Waals surface area contributed by atoms with Crippen LogP contribution in [0, 0.1) is 11.8 Å². The van der Waals surface area contributed by atoms with E-state index in [0.717, 1.165) is 57.7 Å². The number of furan rings is 1. The van der Waals surface area contributed by atoms with E-state index in [0.29, 0.717) is 11.8 Å². The molecule has 5 heteroatoms. The second-order valence-electron chi connectivity index (χ2n) is 8.65. The minimum atomic E-state index is 0.183. The molecule has 3 heterocycles. The molecule has 1 amide bonds. The summed E-state index contributed by atoms with van der Waals surface area (Å²) < 4.78 is 11.8. The molecule has 27 heavy (non-hydrogen) atoms. The number of ether oxygens (including phenoxy) is 1. The van der Waals surface area contributed by atoms with Crippen LogP contribution in [-0.2, 0) is 16.1 Å². The van der Waals surface area contributed by atoms with Crippen LogP contribution in [0.3, 0.4) is 0 Å². The van der Waals surface area contributed by atoms with E-state index in [-0.39, 0.29) is 18.1 Å². The quantitative estimate of drug-likeness (QED) is 0.730. The molecule has 0 unspecified atom stereocenters. The maximum Gasteiger partial charge on any atom is 0.225 e. The smallest absolute Gasteiger partial charge is 0.225 e. The van der Waals surface area contributed by atoms with Crippen molar-refractivity contribution in [2.24, 2.45) is 11.8 Å². The molecule has 1 aromatic rings. The molecule has 150 valence electrons. The summed E-state index contributed by atoms with van der Waals surface area (Å²) >= 11 is 0. The van der Waals surface area contributed by atoms with E-state index >= 15 is 0 Å². The Morgan fingerprint density at radius 3 is 2.67 bits per heavy atom. The lowest BCUT2D eigenvalue weighted by molar-refractivity contribution is -0.153. The van der Waals surface area contributed by atoms with Gasteiger partial charge in [-0.15, -0.1) is 0 Å². The van der Waals surface area contributed by atoms with Crippen molar-refractivity contribution in [3.63, 3.8) is 0 Å². The van der Waals surface area contributed by atoms with Gasteiger partial charge < -0.3 is 14.1 Å². The van der Waals surface area contributed by atoms with E-state index in [1.165, 1.54) is 25.7 Å². The zero-order valence-corrected chi connectivity index (χ0v) is 16.6. The largest absolute Gasteiger partial charge is 0.468 e. The number of piperidine rings is 1. The Morgan fingerprint density at radius 2 is 2.00 bits per heavy atom. The second kappa shape index (κ2) is 8.78. The topological polar surface area (TPSA) is 45.9 Å². The second-order valence-corrected chi connectivity index (χ2v) is 8.65. The first-order valence-electron chi connectivity index (χ1n) is 10.9. The number of unbranched alkanes of at least 4 members (excludes halogenated alkanes) is 1. The fraction of sp³-hybridized carbons (Fsp3) is 0.773. The number of morpholine rings is 1. The summed E-state index contributed by atoms with van der Waals surface area (Å²) in [6.45, 7) is 6.65. The number of carbonyl (C=O) groups is 1. The van der Waals surface area contributed by atoms with Crippen LogP contribution >= 0.6 is 0 Å². The van der Waals surface area contributed by atoms with E-state index in [1.807, 2.05) is 12.1 Å². The zero-order valence-electron chi connectivity index (χ0n) is 16.6. The number of rotatable bonds is 7. The van der Waals surface area contributed by atoms with Crippen LogP contribution in [-0.4, -0.2) is 54.1 Å². The molecule has 0 N–H and O–H groups in total. The van der Waals surface area contributed by atoms with Crippen molar-refractivity contribution in [1.82, 2.24) is 9.80 Å². The molecule has 0 bridgehead atoms. The van der Waals surface area contributed by atoms with E-state index in [1.54, 1.807) is 6.26 Å². The van der Waals surface area contributed by atoms with Gasteiger partial charge >= 0.3 is 0 Å².